The minimum absolute atomic E-state index is 0.190. The van der Waals surface area contributed by atoms with E-state index in [2.05, 4.69) is 5.32 Å². The van der Waals surface area contributed by atoms with Crippen LogP contribution in [0.15, 0.2) is 18.2 Å². The Morgan fingerprint density at radius 3 is 2.57 bits per heavy atom. The third-order valence-corrected chi connectivity index (χ3v) is 7.07. The number of nitrogens with one attached hydrogen (secondary N) is 1. The van der Waals surface area contributed by atoms with E-state index in [4.69, 9.17) is 22.1 Å². The second-order valence-corrected chi connectivity index (χ2v) is 9.69. The maximum atomic E-state index is 14.8. The minimum Gasteiger partial charge on any atom is -0.442 e. The van der Waals surface area contributed by atoms with E-state index in [9.17, 15) is 17.6 Å². The summed E-state index contributed by atoms with van der Waals surface area (Å²) >= 11 is 5.29. The zero-order valence-electron chi connectivity index (χ0n) is 16.3. The lowest BCUT2D eigenvalue weighted by Crippen LogP contribution is -2.50. The molecule has 0 spiro atoms. The maximum absolute atomic E-state index is 14.8. The van der Waals surface area contributed by atoms with Crippen molar-refractivity contribution in [1.29, 1.82) is 0 Å². The van der Waals surface area contributed by atoms with Crippen LogP contribution in [-0.4, -0.2) is 69.2 Å². The number of piperazine rings is 1. The van der Waals surface area contributed by atoms with Gasteiger partial charge in [-0.1, -0.05) is 12.2 Å². The van der Waals surface area contributed by atoms with Gasteiger partial charge in [-0.05, 0) is 31.0 Å². The van der Waals surface area contributed by atoms with Crippen LogP contribution in [0.2, 0.25) is 0 Å². The van der Waals surface area contributed by atoms with Crippen LogP contribution in [-0.2, 0) is 14.9 Å². The molecule has 1 atom stereocenters. The highest BCUT2D eigenvalue weighted by Crippen LogP contribution is 2.30. The van der Waals surface area contributed by atoms with Crippen LogP contribution in [0.25, 0.3) is 0 Å². The summed E-state index contributed by atoms with van der Waals surface area (Å²) in [5.41, 5.74) is 0.769. The summed E-state index contributed by atoms with van der Waals surface area (Å²) in [5, 5.41) is 8.29. The largest absolute Gasteiger partial charge is 0.442 e. The molecule has 30 heavy (non-hydrogen) atoms. The number of hydrogen-bond donors (Lipinski definition) is 2. The van der Waals surface area contributed by atoms with Gasteiger partial charge in [0.25, 0.3) is 10.2 Å². The number of anilines is 2. The fourth-order valence-electron chi connectivity index (χ4n) is 3.65. The first kappa shape index (κ1) is 21.2. The summed E-state index contributed by atoms with van der Waals surface area (Å²) in [6, 6.07) is 4.56. The van der Waals surface area contributed by atoms with Crippen LogP contribution in [0.3, 0.4) is 0 Å². The first-order valence-electron chi connectivity index (χ1n) is 9.80. The van der Waals surface area contributed by atoms with Gasteiger partial charge < -0.3 is 15.0 Å². The van der Waals surface area contributed by atoms with E-state index in [0.29, 0.717) is 43.5 Å². The molecule has 2 aliphatic heterocycles. The summed E-state index contributed by atoms with van der Waals surface area (Å²) in [6.07, 6.45) is 1.33. The van der Waals surface area contributed by atoms with Crippen molar-refractivity contribution in [2.75, 3.05) is 49.1 Å². The molecule has 0 aromatic heterocycles. The monoisotopic (exact) mass is 457 g/mol. The van der Waals surface area contributed by atoms with Crippen molar-refractivity contribution >= 4 is 44.9 Å². The number of rotatable bonds is 6. The Labute approximate surface area is 180 Å². The van der Waals surface area contributed by atoms with Crippen LogP contribution in [0.5, 0.6) is 0 Å². The molecule has 1 amide bonds. The molecule has 9 nitrogen and oxygen atoms in total. The van der Waals surface area contributed by atoms with E-state index in [1.165, 1.54) is 15.3 Å². The third-order valence-electron chi connectivity index (χ3n) is 5.51. The Balaban J connectivity index is 1.37. The second kappa shape index (κ2) is 8.25. The molecule has 2 saturated heterocycles. The Kier molecular flexibility index (Phi) is 5.84. The lowest BCUT2D eigenvalue weighted by atomic mass is 10.2. The molecule has 3 aliphatic rings. The zero-order chi connectivity index (χ0) is 21.5. The number of thiocarbonyl (C=S) groups is 1. The highest BCUT2D eigenvalue weighted by atomic mass is 32.2. The van der Waals surface area contributed by atoms with Crippen molar-refractivity contribution in [1.82, 2.24) is 9.62 Å². The van der Waals surface area contributed by atoms with Crippen molar-refractivity contribution in [3.63, 3.8) is 0 Å². The van der Waals surface area contributed by atoms with Gasteiger partial charge in [0.2, 0.25) is 0 Å². The van der Waals surface area contributed by atoms with E-state index >= 15 is 0 Å². The summed E-state index contributed by atoms with van der Waals surface area (Å²) < 4.78 is 44.2. The summed E-state index contributed by atoms with van der Waals surface area (Å²) in [4.78, 5) is 16.2. The summed E-state index contributed by atoms with van der Waals surface area (Å²) in [5.74, 6) is -0.0393. The van der Waals surface area contributed by atoms with E-state index in [1.54, 1.807) is 17.0 Å². The van der Waals surface area contributed by atoms with Crippen LogP contribution in [0.4, 0.5) is 20.6 Å². The number of nitrogens with two attached hydrogens (primary N) is 1. The molecule has 0 bridgehead atoms. The highest BCUT2D eigenvalue weighted by Gasteiger charge is 2.34. The Hall–Kier alpha value is -2.02. The van der Waals surface area contributed by atoms with Crippen LogP contribution >= 0.6 is 12.2 Å². The van der Waals surface area contributed by atoms with Crippen molar-refractivity contribution in [2.24, 2.45) is 11.1 Å². The van der Waals surface area contributed by atoms with Gasteiger partial charge in [0.05, 0.1) is 29.5 Å². The average Bonchev–Trinajstić information content (AvgIpc) is 3.48. The molecule has 4 rings (SSSR count). The van der Waals surface area contributed by atoms with E-state index in [0.717, 1.165) is 17.8 Å². The topological polar surface area (TPSA) is 108 Å². The number of carbonyl (C=O) groups excluding carboxylic acids is 1. The van der Waals surface area contributed by atoms with Gasteiger partial charge >= 0.3 is 6.09 Å². The fraction of sp³-hybridized carbons (Fsp3) is 0.556. The molecule has 164 valence electrons. The number of carbonyl (C=O) groups is 1. The van der Waals surface area contributed by atoms with Crippen molar-refractivity contribution in [3.05, 3.63) is 24.0 Å². The Bertz CT molecular complexity index is 948. The average molecular weight is 458 g/mol. The lowest BCUT2D eigenvalue weighted by Gasteiger charge is -2.34. The van der Waals surface area contributed by atoms with Gasteiger partial charge in [0.15, 0.2) is 0 Å². The molecule has 2 heterocycles. The molecule has 3 fully saturated rings. The van der Waals surface area contributed by atoms with Gasteiger partial charge in [0, 0.05) is 32.1 Å². The summed E-state index contributed by atoms with van der Waals surface area (Å²) in [6.45, 7) is 1.78. The predicted molar refractivity (Wildman–Crippen MR) is 114 cm³/mol. The molecular weight excluding hydrogens is 433 g/mol. The minimum atomic E-state index is -3.74. The number of ether oxygens (including phenoxy) is 1. The molecule has 1 aromatic carbocycles. The second-order valence-electron chi connectivity index (χ2n) is 7.70. The van der Waals surface area contributed by atoms with Crippen molar-refractivity contribution in [2.45, 2.75) is 18.9 Å². The van der Waals surface area contributed by atoms with Gasteiger partial charge in [-0.3, -0.25) is 4.90 Å². The zero-order valence-corrected chi connectivity index (χ0v) is 17.9. The predicted octanol–water partition coefficient (Wildman–Crippen LogP) is 0.803. The van der Waals surface area contributed by atoms with Crippen LogP contribution < -0.4 is 20.3 Å². The van der Waals surface area contributed by atoms with E-state index < -0.39 is 22.1 Å². The molecule has 3 N–H and O–H groups in total. The van der Waals surface area contributed by atoms with Crippen LogP contribution in [0, 0.1) is 11.7 Å². The van der Waals surface area contributed by atoms with Gasteiger partial charge in [-0.15, -0.1) is 0 Å². The first-order chi connectivity index (χ1) is 14.2. The number of cyclic esters (lactones) is 1. The van der Waals surface area contributed by atoms with Crippen molar-refractivity contribution < 1.29 is 22.3 Å². The van der Waals surface area contributed by atoms with Gasteiger partial charge in [0.1, 0.15) is 11.9 Å². The van der Waals surface area contributed by atoms with Gasteiger partial charge in [-0.25, -0.2) is 14.3 Å². The molecule has 1 unspecified atom stereocenters. The summed E-state index contributed by atoms with van der Waals surface area (Å²) in [7, 11) is -3.74. The SMILES string of the molecule is NS(=O)(=O)N1CCN(c2ccc(N3CC(CNC(=S)C4CC4)OC3=O)cc2F)CC1. The molecule has 12 heteroatoms. The first-order valence-corrected chi connectivity index (χ1v) is 11.7. The molecular formula is C18H24FN5O4S2. The molecule has 1 aliphatic carbocycles. The molecule has 1 aromatic rings. The van der Waals surface area contributed by atoms with Crippen molar-refractivity contribution in [3.8, 4) is 0 Å². The maximum Gasteiger partial charge on any atom is 0.414 e. The smallest absolute Gasteiger partial charge is 0.414 e. The van der Waals surface area contributed by atoms with E-state index in [-0.39, 0.29) is 19.2 Å². The number of benzene rings is 1. The molecule has 1 saturated carbocycles. The number of nitrogens with zero attached hydrogens (tertiary/aromatic N) is 3. The van der Waals surface area contributed by atoms with Gasteiger partial charge in [-0.2, -0.15) is 12.7 Å². The quantitative estimate of drug-likeness (QED) is 0.609. The standard InChI is InChI=1S/C18H24FN5O4S2/c19-15-9-13(3-4-16(15)22-5-7-23(8-6-22)30(20,26)27)24-11-14(28-18(24)25)10-21-17(29)12-1-2-12/h3-4,9,12,14H,1-2,5-8,10-11H2,(H,21,29)(H2,20,26,27). The Morgan fingerprint density at radius 2 is 1.97 bits per heavy atom. The lowest BCUT2D eigenvalue weighted by molar-refractivity contribution is 0.143. The number of hydrogen-bond acceptors (Lipinski definition) is 6. The van der Waals surface area contributed by atoms with E-state index in [1.807, 2.05) is 0 Å². The van der Waals surface area contributed by atoms with Crippen LogP contribution in [0.1, 0.15) is 12.8 Å². The highest BCUT2D eigenvalue weighted by molar-refractivity contribution is 7.86. The normalized spacial score (nSPS) is 22.9. The number of halogens is 1. The number of amides is 1. The fourth-order valence-corrected chi connectivity index (χ4v) is 4.64. The molecule has 0 radical (unpaired) electrons. The Morgan fingerprint density at radius 1 is 1.27 bits per heavy atom. The third kappa shape index (κ3) is 4.66.